The van der Waals surface area contributed by atoms with Crippen molar-refractivity contribution in [2.24, 2.45) is 0 Å². The Labute approximate surface area is 130 Å². The van der Waals surface area contributed by atoms with Crippen molar-refractivity contribution >= 4 is 44.9 Å². The number of anilines is 1. The second-order valence-corrected chi connectivity index (χ2v) is 6.49. The lowest BCUT2D eigenvalue weighted by Crippen LogP contribution is -2.15. The first-order chi connectivity index (χ1) is 9.79. The number of nitrogens with zero attached hydrogens (tertiary/aromatic N) is 1. The summed E-state index contributed by atoms with van der Waals surface area (Å²) in [5.74, 6) is -1.28. The van der Waals surface area contributed by atoms with Crippen LogP contribution in [0.2, 0.25) is 10.0 Å². The lowest BCUT2D eigenvalue weighted by atomic mass is 10.2. The van der Waals surface area contributed by atoms with Crippen molar-refractivity contribution in [2.75, 3.05) is 4.72 Å². The Morgan fingerprint density at radius 2 is 1.81 bits per heavy atom. The molecule has 2 aromatic rings. The van der Waals surface area contributed by atoms with E-state index >= 15 is 0 Å². The van der Waals surface area contributed by atoms with Crippen LogP contribution in [0.3, 0.4) is 0 Å². The van der Waals surface area contributed by atoms with Crippen molar-refractivity contribution in [1.82, 2.24) is 4.98 Å². The molecule has 1 heterocycles. The molecular formula is C12H8Cl2N2O4S. The fourth-order valence-corrected chi connectivity index (χ4v) is 3.34. The summed E-state index contributed by atoms with van der Waals surface area (Å²) in [5.41, 5.74) is -0.372. The molecule has 0 atom stereocenters. The number of halogens is 2. The van der Waals surface area contributed by atoms with Crippen LogP contribution in [0.25, 0.3) is 0 Å². The Morgan fingerprint density at radius 3 is 2.38 bits per heavy atom. The zero-order valence-electron chi connectivity index (χ0n) is 10.2. The maximum atomic E-state index is 12.2. The Bertz CT molecular complexity index is 788. The molecule has 0 saturated heterocycles. The fraction of sp³-hybridized carbons (Fsp3) is 0. The van der Waals surface area contributed by atoms with Gasteiger partial charge in [0.25, 0.3) is 10.0 Å². The fourth-order valence-electron chi connectivity index (χ4n) is 1.55. The minimum atomic E-state index is -4.04. The number of aromatic nitrogens is 1. The maximum absolute atomic E-state index is 12.2. The molecular weight excluding hydrogens is 339 g/mol. The molecule has 0 unspecified atom stereocenters. The minimum absolute atomic E-state index is 0.146. The zero-order valence-corrected chi connectivity index (χ0v) is 12.6. The van der Waals surface area contributed by atoms with Crippen molar-refractivity contribution in [3.05, 3.63) is 52.3 Å². The Morgan fingerprint density at radius 1 is 1.19 bits per heavy atom. The highest BCUT2D eigenvalue weighted by Crippen LogP contribution is 2.25. The second kappa shape index (κ2) is 5.88. The van der Waals surface area contributed by atoms with Gasteiger partial charge in [-0.05, 0) is 24.3 Å². The Kier molecular flexibility index (Phi) is 4.36. The van der Waals surface area contributed by atoms with E-state index in [-0.39, 0.29) is 26.2 Å². The van der Waals surface area contributed by atoms with Crippen molar-refractivity contribution in [3.63, 3.8) is 0 Å². The summed E-state index contributed by atoms with van der Waals surface area (Å²) in [6.45, 7) is 0. The normalized spacial score (nSPS) is 11.1. The smallest absolute Gasteiger partial charge is 0.337 e. The molecule has 21 heavy (non-hydrogen) atoms. The molecule has 0 spiro atoms. The summed E-state index contributed by atoms with van der Waals surface area (Å²) in [6, 6.07) is 4.97. The quantitative estimate of drug-likeness (QED) is 0.887. The average molecular weight is 347 g/mol. The van der Waals surface area contributed by atoms with E-state index in [1.807, 2.05) is 0 Å². The number of aromatic carboxylic acids is 1. The molecule has 0 fully saturated rings. The summed E-state index contributed by atoms with van der Waals surface area (Å²) in [5, 5.41) is 9.31. The van der Waals surface area contributed by atoms with Gasteiger partial charge < -0.3 is 5.11 Å². The minimum Gasteiger partial charge on any atom is -0.478 e. The van der Waals surface area contributed by atoms with Crippen molar-refractivity contribution in [2.45, 2.75) is 4.90 Å². The van der Waals surface area contributed by atoms with Gasteiger partial charge in [-0.1, -0.05) is 23.2 Å². The summed E-state index contributed by atoms with van der Waals surface area (Å²) >= 11 is 11.5. The van der Waals surface area contributed by atoms with E-state index in [2.05, 4.69) is 9.71 Å². The van der Waals surface area contributed by atoms with Crippen LogP contribution in [0, 0.1) is 0 Å². The van der Waals surface area contributed by atoms with Crippen LogP contribution >= 0.6 is 23.2 Å². The number of hydrogen-bond donors (Lipinski definition) is 2. The summed E-state index contributed by atoms with van der Waals surface area (Å²) in [6.07, 6.45) is 2.35. The molecule has 6 nitrogen and oxygen atoms in total. The molecule has 110 valence electrons. The van der Waals surface area contributed by atoms with E-state index in [0.717, 1.165) is 6.20 Å². The van der Waals surface area contributed by atoms with Gasteiger partial charge in [0.2, 0.25) is 0 Å². The summed E-state index contributed by atoms with van der Waals surface area (Å²) in [4.78, 5) is 14.6. The van der Waals surface area contributed by atoms with E-state index in [4.69, 9.17) is 28.3 Å². The third-order valence-electron chi connectivity index (χ3n) is 2.44. The zero-order chi connectivity index (χ0) is 15.6. The van der Waals surface area contributed by atoms with E-state index in [0.29, 0.717) is 0 Å². The van der Waals surface area contributed by atoms with Crippen molar-refractivity contribution in [1.29, 1.82) is 0 Å². The van der Waals surface area contributed by atoms with Crippen molar-refractivity contribution in [3.8, 4) is 0 Å². The van der Waals surface area contributed by atoms with Gasteiger partial charge in [0.05, 0.1) is 22.3 Å². The molecule has 0 radical (unpaired) electrons. The van der Waals surface area contributed by atoms with Gasteiger partial charge >= 0.3 is 5.97 Å². The standard InChI is InChI=1S/C12H8Cl2N2O4S/c13-7-3-8(14)5-9(4-7)21(19,20)16-11-6-15-2-1-10(11)12(17)18/h1-6,16H,(H,17,18). The molecule has 1 aromatic heterocycles. The molecule has 0 aliphatic rings. The second-order valence-electron chi connectivity index (χ2n) is 3.94. The highest BCUT2D eigenvalue weighted by molar-refractivity contribution is 7.92. The van der Waals surface area contributed by atoms with Crippen molar-refractivity contribution < 1.29 is 18.3 Å². The van der Waals surface area contributed by atoms with E-state index in [1.54, 1.807) is 0 Å². The number of carbonyl (C=O) groups is 1. The van der Waals surface area contributed by atoms with E-state index in [9.17, 15) is 13.2 Å². The number of benzene rings is 1. The van der Waals surface area contributed by atoms with Crippen LogP contribution in [0.1, 0.15) is 10.4 Å². The maximum Gasteiger partial charge on any atom is 0.337 e. The molecule has 0 bridgehead atoms. The molecule has 0 aliphatic heterocycles. The Hall–Kier alpha value is -1.83. The predicted molar refractivity (Wildman–Crippen MR) is 78.5 cm³/mol. The van der Waals surface area contributed by atoms with Crippen LogP contribution in [-0.4, -0.2) is 24.5 Å². The van der Waals surface area contributed by atoms with Crippen LogP contribution in [-0.2, 0) is 10.0 Å². The molecule has 0 aliphatic carbocycles. The topological polar surface area (TPSA) is 96.4 Å². The number of carboxylic acids is 1. The highest BCUT2D eigenvalue weighted by atomic mass is 35.5. The first-order valence-corrected chi connectivity index (χ1v) is 7.70. The van der Waals surface area contributed by atoms with Gasteiger partial charge in [-0.2, -0.15) is 0 Å². The number of nitrogens with one attached hydrogen (secondary N) is 1. The number of hydrogen-bond acceptors (Lipinski definition) is 4. The van der Waals surface area contributed by atoms with Crippen LogP contribution in [0.5, 0.6) is 0 Å². The number of carboxylic acid groups (broad SMARTS) is 1. The highest BCUT2D eigenvalue weighted by Gasteiger charge is 2.19. The summed E-state index contributed by atoms with van der Waals surface area (Å²) in [7, 11) is -4.04. The number of sulfonamides is 1. The lowest BCUT2D eigenvalue weighted by Gasteiger charge is -2.10. The van der Waals surface area contributed by atoms with Crippen LogP contribution < -0.4 is 4.72 Å². The third kappa shape index (κ3) is 3.63. The van der Waals surface area contributed by atoms with Crippen LogP contribution in [0.4, 0.5) is 5.69 Å². The van der Waals surface area contributed by atoms with Gasteiger partial charge in [-0.15, -0.1) is 0 Å². The van der Waals surface area contributed by atoms with Gasteiger partial charge in [0.15, 0.2) is 0 Å². The largest absolute Gasteiger partial charge is 0.478 e. The van der Waals surface area contributed by atoms with Gasteiger partial charge in [0, 0.05) is 16.2 Å². The van der Waals surface area contributed by atoms with E-state index in [1.165, 1.54) is 30.5 Å². The molecule has 0 amide bonds. The van der Waals surface area contributed by atoms with Gasteiger partial charge in [0.1, 0.15) is 0 Å². The molecule has 1 aromatic carbocycles. The van der Waals surface area contributed by atoms with Crippen LogP contribution in [0.15, 0.2) is 41.6 Å². The predicted octanol–water partition coefficient (Wildman–Crippen LogP) is 2.89. The first-order valence-electron chi connectivity index (χ1n) is 5.46. The first kappa shape index (κ1) is 15.6. The van der Waals surface area contributed by atoms with E-state index < -0.39 is 16.0 Å². The molecule has 2 rings (SSSR count). The molecule has 0 saturated carbocycles. The third-order valence-corrected chi connectivity index (χ3v) is 4.22. The average Bonchev–Trinajstić information content (AvgIpc) is 2.37. The summed E-state index contributed by atoms with van der Waals surface area (Å²) < 4.78 is 26.6. The van der Waals surface area contributed by atoms with Gasteiger partial charge in [-0.3, -0.25) is 9.71 Å². The SMILES string of the molecule is O=C(O)c1ccncc1NS(=O)(=O)c1cc(Cl)cc(Cl)c1. The number of rotatable bonds is 4. The molecule has 9 heteroatoms. The lowest BCUT2D eigenvalue weighted by molar-refractivity contribution is 0.0698. The molecule has 2 N–H and O–H groups in total. The monoisotopic (exact) mass is 346 g/mol. The number of pyridine rings is 1. The Balaban J connectivity index is 2.45. The van der Waals surface area contributed by atoms with Gasteiger partial charge in [-0.25, -0.2) is 13.2 Å².